The molecule has 0 unspecified atom stereocenters. The third kappa shape index (κ3) is 7.55. The smallest absolute Gasteiger partial charge is 0.389 e. The van der Waals surface area contributed by atoms with Crippen LogP contribution in [0.3, 0.4) is 0 Å². The Labute approximate surface area is 121 Å². The predicted molar refractivity (Wildman–Crippen MR) is 72.5 cm³/mol. The summed E-state index contributed by atoms with van der Waals surface area (Å²) in [5.41, 5.74) is 1.52. The highest BCUT2D eigenvalue weighted by molar-refractivity contribution is 5.73. The Hall–Kier alpha value is -1.76. The summed E-state index contributed by atoms with van der Waals surface area (Å²) in [5.74, 6) is 0. The second-order valence-corrected chi connectivity index (χ2v) is 4.61. The van der Waals surface area contributed by atoms with Crippen LogP contribution in [0.4, 0.5) is 18.0 Å². The zero-order valence-electron chi connectivity index (χ0n) is 11.5. The average Bonchev–Trinajstić information content (AvgIpc) is 2.43. The lowest BCUT2D eigenvalue weighted by atomic mass is 10.1. The van der Waals surface area contributed by atoms with Crippen molar-refractivity contribution in [3.8, 4) is 0 Å². The predicted octanol–water partition coefficient (Wildman–Crippen LogP) is 2.71. The maximum absolute atomic E-state index is 11.9. The van der Waals surface area contributed by atoms with E-state index in [-0.39, 0.29) is 32.5 Å². The minimum absolute atomic E-state index is 0.00285. The molecule has 4 nitrogen and oxygen atoms in total. The Morgan fingerprint density at radius 3 is 2.38 bits per heavy atom. The topological polar surface area (TPSA) is 61.4 Å². The van der Waals surface area contributed by atoms with Crippen LogP contribution in [-0.2, 0) is 13.2 Å². The molecule has 0 bridgehead atoms. The number of benzene rings is 1. The van der Waals surface area contributed by atoms with Crippen LogP contribution in [0.5, 0.6) is 0 Å². The Morgan fingerprint density at radius 1 is 1.10 bits per heavy atom. The van der Waals surface area contributed by atoms with Gasteiger partial charge in [0.2, 0.25) is 0 Å². The summed E-state index contributed by atoms with van der Waals surface area (Å²) in [7, 11) is 0. The first-order valence-corrected chi connectivity index (χ1v) is 6.68. The summed E-state index contributed by atoms with van der Waals surface area (Å²) in [6.07, 6.45) is -4.70. The van der Waals surface area contributed by atoms with E-state index in [1.54, 1.807) is 24.3 Å². The van der Waals surface area contributed by atoms with E-state index < -0.39 is 18.6 Å². The second-order valence-electron chi connectivity index (χ2n) is 4.61. The van der Waals surface area contributed by atoms with Crippen LogP contribution < -0.4 is 10.6 Å². The molecule has 2 amide bonds. The summed E-state index contributed by atoms with van der Waals surface area (Å²) in [6, 6.07) is 6.69. The molecule has 1 aromatic carbocycles. The molecule has 0 atom stereocenters. The van der Waals surface area contributed by atoms with Gasteiger partial charge in [0.15, 0.2) is 0 Å². The number of aliphatic hydroxyl groups is 1. The van der Waals surface area contributed by atoms with Crippen LogP contribution in [0.1, 0.15) is 30.4 Å². The molecule has 118 valence electrons. The fraction of sp³-hybridized carbons (Fsp3) is 0.500. The van der Waals surface area contributed by atoms with Gasteiger partial charge in [-0.2, -0.15) is 13.2 Å². The van der Waals surface area contributed by atoms with Crippen molar-refractivity contribution in [3.05, 3.63) is 35.4 Å². The van der Waals surface area contributed by atoms with Crippen LogP contribution in [0.2, 0.25) is 0 Å². The zero-order valence-corrected chi connectivity index (χ0v) is 11.5. The van der Waals surface area contributed by atoms with Gasteiger partial charge in [0.25, 0.3) is 0 Å². The number of carbonyl (C=O) groups excluding carboxylic acids is 1. The fourth-order valence-electron chi connectivity index (χ4n) is 1.77. The molecule has 0 aromatic heterocycles. The molecule has 0 spiro atoms. The van der Waals surface area contributed by atoms with Crippen LogP contribution in [0.25, 0.3) is 0 Å². The largest absolute Gasteiger partial charge is 0.392 e. The lowest BCUT2D eigenvalue weighted by Gasteiger charge is -2.10. The van der Waals surface area contributed by atoms with E-state index in [0.717, 1.165) is 11.1 Å². The van der Waals surface area contributed by atoms with Crippen molar-refractivity contribution >= 4 is 6.03 Å². The summed E-state index contributed by atoms with van der Waals surface area (Å²) in [6.45, 7) is 0.339. The van der Waals surface area contributed by atoms with Gasteiger partial charge >= 0.3 is 12.2 Å². The van der Waals surface area contributed by atoms with Crippen molar-refractivity contribution in [2.75, 3.05) is 6.54 Å². The number of alkyl halides is 3. The summed E-state index contributed by atoms with van der Waals surface area (Å²) in [5, 5.41) is 14.2. The van der Waals surface area contributed by atoms with Crippen LogP contribution >= 0.6 is 0 Å². The molecular formula is C14H19F3N2O2. The van der Waals surface area contributed by atoms with Gasteiger partial charge in [-0.1, -0.05) is 24.3 Å². The van der Waals surface area contributed by atoms with Gasteiger partial charge in [-0.05, 0) is 24.0 Å². The number of hydrogen-bond donors (Lipinski definition) is 3. The molecule has 0 fully saturated rings. The number of carbonyl (C=O) groups is 1. The Morgan fingerprint density at radius 2 is 1.76 bits per heavy atom. The van der Waals surface area contributed by atoms with Crippen molar-refractivity contribution in [2.45, 2.75) is 38.6 Å². The average molecular weight is 304 g/mol. The Bertz CT molecular complexity index is 450. The third-order valence-electron chi connectivity index (χ3n) is 2.90. The van der Waals surface area contributed by atoms with Gasteiger partial charge in [-0.25, -0.2) is 4.79 Å². The SMILES string of the molecule is O=C(NCCCCC(F)(F)F)NCc1ccccc1CO. The Balaban J connectivity index is 2.20. The van der Waals surface area contributed by atoms with Gasteiger partial charge in [-0.3, -0.25) is 0 Å². The molecule has 0 saturated heterocycles. The minimum Gasteiger partial charge on any atom is -0.392 e. The molecule has 0 aliphatic carbocycles. The molecule has 0 saturated carbocycles. The number of amides is 2. The first kappa shape index (κ1) is 17.3. The van der Waals surface area contributed by atoms with Crippen molar-refractivity contribution in [2.24, 2.45) is 0 Å². The fourth-order valence-corrected chi connectivity index (χ4v) is 1.77. The van der Waals surface area contributed by atoms with Crippen molar-refractivity contribution in [1.29, 1.82) is 0 Å². The lowest BCUT2D eigenvalue weighted by molar-refractivity contribution is -0.135. The van der Waals surface area contributed by atoms with E-state index >= 15 is 0 Å². The summed E-state index contributed by atoms with van der Waals surface area (Å²) < 4.78 is 35.7. The number of aliphatic hydroxyl groups excluding tert-OH is 1. The van der Waals surface area contributed by atoms with E-state index in [1.165, 1.54) is 0 Å². The molecule has 0 heterocycles. The van der Waals surface area contributed by atoms with Crippen LogP contribution in [0.15, 0.2) is 24.3 Å². The highest BCUT2D eigenvalue weighted by Crippen LogP contribution is 2.21. The number of hydrogen-bond acceptors (Lipinski definition) is 2. The van der Waals surface area contributed by atoms with Gasteiger partial charge in [0, 0.05) is 19.5 Å². The minimum atomic E-state index is -4.14. The molecule has 0 radical (unpaired) electrons. The van der Waals surface area contributed by atoms with Gasteiger partial charge in [0.1, 0.15) is 0 Å². The number of unbranched alkanes of at least 4 members (excludes halogenated alkanes) is 1. The normalized spacial score (nSPS) is 11.2. The number of halogens is 3. The third-order valence-corrected chi connectivity index (χ3v) is 2.90. The lowest BCUT2D eigenvalue weighted by Crippen LogP contribution is -2.35. The standard InChI is InChI=1S/C14H19F3N2O2/c15-14(16,17)7-3-4-8-18-13(21)19-9-11-5-1-2-6-12(11)10-20/h1-2,5-6,20H,3-4,7-10H2,(H2,18,19,21). The van der Waals surface area contributed by atoms with Gasteiger partial charge in [0.05, 0.1) is 6.61 Å². The van der Waals surface area contributed by atoms with Gasteiger partial charge < -0.3 is 15.7 Å². The number of rotatable bonds is 7. The van der Waals surface area contributed by atoms with Crippen LogP contribution in [-0.4, -0.2) is 23.9 Å². The maximum atomic E-state index is 11.9. The molecule has 21 heavy (non-hydrogen) atoms. The monoisotopic (exact) mass is 304 g/mol. The van der Waals surface area contributed by atoms with Crippen molar-refractivity contribution < 1.29 is 23.1 Å². The number of urea groups is 1. The molecule has 1 aromatic rings. The molecule has 0 aliphatic rings. The molecule has 3 N–H and O–H groups in total. The van der Waals surface area contributed by atoms with Crippen LogP contribution in [0, 0.1) is 0 Å². The first-order valence-electron chi connectivity index (χ1n) is 6.68. The summed E-state index contributed by atoms with van der Waals surface area (Å²) >= 11 is 0. The molecule has 0 aliphatic heterocycles. The molecular weight excluding hydrogens is 285 g/mol. The van der Waals surface area contributed by atoms with E-state index in [9.17, 15) is 18.0 Å². The van der Waals surface area contributed by atoms with Crippen molar-refractivity contribution in [1.82, 2.24) is 10.6 Å². The van der Waals surface area contributed by atoms with Gasteiger partial charge in [-0.15, -0.1) is 0 Å². The van der Waals surface area contributed by atoms with E-state index in [4.69, 9.17) is 5.11 Å². The van der Waals surface area contributed by atoms with E-state index in [0.29, 0.717) is 0 Å². The maximum Gasteiger partial charge on any atom is 0.389 e. The first-order chi connectivity index (χ1) is 9.92. The zero-order chi connectivity index (χ0) is 15.7. The van der Waals surface area contributed by atoms with E-state index in [2.05, 4.69) is 10.6 Å². The highest BCUT2D eigenvalue weighted by atomic mass is 19.4. The second kappa shape index (κ2) is 8.51. The molecule has 7 heteroatoms. The molecule has 1 rings (SSSR count). The van der Waals surface area contributed by atoms with Crippen molar-refractivity contribution in [3.63, 3.8) is 0 Å². The van der Waals surface area contributed by atoms with E-state index in [1.807, 2.05) is 0 Å². The number of nitrogens with one attached hydrogen (secondary N) is 2. The summed E-state index contributed by atoms with van der Waals surface area (Å²) in [4.78, 5) is 11.5. The Kier molecular flexibility index (Phi) is 7.01. The highest BCUT2D eigenvalue weighted by Gasteiger charge is 2.25. The quantitative estimate of drug-likeness (QED) is 0.678.